The van der Waals surface area contributed by atoms with Crippen LogP contribution in [0.25, 0.3) is 0 Å². The van der Waals surface area contributed by atoms with Gasteiger partial charge in [-0.25, -0.2) is 0 Å². The Labute approximate surface area is 162 Å². The second kappa shape index (κ2) is 10.7. The molecule has 0 radical (unpaired) electrons. The molecule has 0 saturated heterocycles. The Hall–Kier alpha value is -2.41. The number of hydrogen-bond donors (Lipinski definition) is 2. The first-order chi connectivity index (χ1) is 13.0. The standard InChI is InChI=1S/C20H33N7/c1-6-19-25-24-15-27(19)13-12-22-20(21-7-2)23-14-18(26(4)5)17-10-8-16(3)9-11-17/h8-11,15,18H,6-7,12-14H2,1-5H3,(H2,21,22,23). The van der Waals surface area contributed by atoms with Crippen LogP contribution in [0.1, 0.15) is 36.8 Å². The van der Waals surface area contributed by atoms with E-state index in [9.17, 15) is 0 Å². The molecule has 0 bridgehead atoms. The van der Waals surface area contributed by atoms with Crippen molar-refractivity contribution in [3.8, 4) is 0 Å². The number of aromatic nitrogens is 3. The molecule has 1 unspecified atom stereocenters. The second-order valence-corrected chi connectivity index (χ2v) is 6.83. The van der Waals surface area contributed by atoms with Crippen LogP contribution in [0.4, 0.5) is 0 Å². The number of aryl methyl sites for hydroxylation is 2. The Morgan fingerprint density at radius 2 is 1.93 bits per heavy atom. The maximum absolute atomic E-state index is 4.81. The second-order valence-electron chi connectivity index (χ2n) is 6.83. The van der Waals surface area contributed by atoms with Crippen molar-refractivity contribution in [2.24, 2.45) is 4.99 Å². The summed E-state index contributed by atoms with van der Waals surface area (Å²) >= 11 is 0. The number of hydrogen-bond acceptors (Lipinski definition) is 4. The van der Waals surface area contributed by atoms with Gasteiger partial charge in [-0.3, -0.25) is 4.99 Å². The molecule has 0 fully saturated rings. The number of likely N-dealkylation sites (N-methyl/N-ethyl adjacent to an activating group) is 1. The fourth-order valence-corrected chi connectivity index (χ4v) is 2.91. The van der Waals surface area contributed by atoms with Crippen LogP contribution >= 0.6 is 0 Å². The van der Waals surface area contributed by atoms with E-state index in [1.165, 1.54) is 11.1 Å². The summed E-state index contributed by atoms with van der Waals surface area (Å²) < 4.78 is 2.07. The van der Waals surface area contributed by atoms with E-state index >= 15 is 0 Å². The smallest absolute Gasteiger partial charge is 0.191 e. The molecule has 2 N–H and O–H groups in total. The first kappa shape index (κ1) is 20.9. The predicted molar refractivity (Wildman–Crippen MR) is 111 cm³/mol. The normalized spacial score (nSPS) is 13.0. The maximum Gasteiger partial charge on any atom is 0.191 e. The molecule has 0 aliphatic heterocycles. The first-order valence-electron chi connectivity index (χ1n) is 9.67. The van der Waals surface area contributed by atoms with Gasteiger partial charge in [0.2, 0.25) is 0 Å². The number of guanidine groups is 1. The molecule has 0 saturated carbocycles. The van der Waals surface area contributed by atoms with Crippen LogP contribution in [0.5, 0.6) is 0 Å². The lowest BCUT2D eigenvalue weighted by Crippen LogP contribution is -2.39. The van der Waals surface area contributed by atoms with Gasteiger partial charge in [-0.05, 0) is 33.5 Å². The van der Waals surface area contributed by atoms with Crippen molar-refractivity contribution in [3.63, 3.8) is 0 Å². The molecule has 1 atom stereocenters. The van der Waals surface area contributed by atoms with Crippen molar-refractivity contribution < 1.29 is 0 Å². The van der Waals surface area contributed by atoms with Crippen molar-refractivity contribution >= 4 is 5.96 Å². The third-order valence-corrected chi connectivity index (χ3v) is 4.51. The quantitative estimate of drug-likeness (QED) is 0.521. The molecular weight excluding hydrogens is 338 g/mol. The summed E-state index contributed by atoms with van der Waals surface area (Å²) in [6.45, 7) is 9.39. The molecule has 2 aromatic rings. The molecule has 0 amide bonds. The molecular formula is C20H33N7. The van der Waals surface area contributed by atoms with E-state index < -0.39 is 0 Å². The van der Waals surface area contributed by atoms with Crippen molar-refractivity contribution in [1.82, 2.24) is 30.3 Å². The SMILES string of the molecule is CCNC(=NCC(c1ccc(C)cc1)N(C)C)NCCn1cnnc1CC. The third-order valence-electron chi connectivity index (χ3n) is 4.51. The zero-order chi connectivity index (χ0) is 19.6. The third kappa shape index (κ3) is 6.36. The van der Waals surface area contributed by atoms with Crippen molar-refractivity contribution in [2.75, 3.05) is 33.7 Å². The number of nitrogens with zero attached hydrogens (tertiary/aromatic N) is 5. The summed E-state index contributed by atoms with van der Waals surface area (Å²) in [6, 6.07) is 8.93. The number of benzene rings is 1. The molecule has 1 aromatic heterocycles. The fourth-order valence-electron chi connectivity index (χ4n) is 2.91. The Morgan fingerprint density at radius 3 is 2.56 bits per heavy atom. The zero-order valence-electron chi connectivity index (χ0n) is 17.2. The average Bonchev–Trinajstić information content (AvgIpc) is 3.10. The van der Waals surface area contributed by atoms with Crippen LogP contribution in [-0.2, 0) is 13.0 Å². The molecule has 0 aliphatic carbocycles. The van der Waals surface area contributed by atoms with Crippen LogP contribution < -0.4 is 10.6 Å². The summed E-state index contributed by atoms with van der Waals surface area (Å²) in [4.78, 5) is 7.02. The summed E-state index contributed by atoms with van der Waals surface area (Å²) in [5, 5.41) is 14.8. The molecule has 27 heavy (non-hydrogen) atoms. The number of rotatable bonds is 9. The largest absolute Gasteiger partial charge is 0.357 e. The monoisotopic (exact) mass is 371 g/mol. The Morgan fingerprint density at radius 1 is 1.19 bits per heavy atom. The van der Waals surface area contributed by atoms with Crippen LogP contribution in [0, 0.1) is 6.92 Å². The van der Waals surface area contributed by atoms with Crippen molar-refractivity contribution in [1.29, 1.82) is 0 Å². The van der Waals surface area contributed by atoms with Gasteiger partial charge in [0.05, 0.1) is 12.6 Å². The minimum Gasteiger partial charge on any atom is -0.357 e. The van der Waals surface area contributed by atoms with E-state index in [-0.39, 0.29) is 6.04 Å². The average molecular weight is 372 g/mol. The highest BCUT2D eigenvalue weighted by molar-refractivity contribution is 5.79. The molecule has 0 spiro atoms. The lowest BCUT2D eigenvalue weighted by molar-refractivity contribution is 0.306. The van der Waals surface area contributed by atoms with E-state index in [4.69, 9.17) is 4.99 Å². The van der Waals surface area contributed by atoms with Crippen LogP contribution in [0.3, 0.4) is 0 Å². The van der Waals surface area contributed by atoms with Gasteiger partial charge >= 0.3 is 0 Å². The summed E-state index contributed by atoms with van der Waals surface area (Å²) in [5.41, 5.74) is 2.55. The molecule has 1 heterocycles. The van der Waals surface area contributed by atoms with Crippen LogP contribution in [-0.4, -0.2) is 59.4 Å². The minimum atomic E-state index is 0.241. The Bertz CT molecular complexity index is 703. The van der Waals surface area contributed by atoms with Gasteiger partial charge in [-0.15, -0.1) is 10.2 Å². The van der Waals surface area contributed by atoms with Gasteiger partial charge in [0.15, 0.2) is 5.96 Å². The van der Waals surface area contributed by atoms with E-state index in [1.807, 2.05) is 0 Å². The molecule has 148 valence electrons. The van der Waals surface area contributed by atoms with Gasteiger partial charge in [-0.1, -0.05) is 36.8 Å². The molecule has 2 rings (SSSR count). The van der Waals surface area contributed by atoms with Gasteiger partial charge in [0.1, 0.15) is 12.2 Å². The van der Waals surface area contributed by atoms with Crippen LogP contribution in [0.2, 0.25) is 0 Å². The number of aliphatic imine (C=N–C) groups is 1. The summed E-state index contributed by atoms with van der Waals surface area (Å²) in [7, 11) is 4.19. The van der Waals surface area contributed by atoms with E-state index in [1.54, 1.807) is 6.33 Å². The van der Waals surface area contributed by atoms with E-state index in [0.29, 0.717) is 6.54 Å². The molecule has 1 aromatic carbocycles. The minimum absolute atomic E-state index is 0.241. The van der Waals surface area contributed by atoms with Gasteiger partial charge in [0.25, 0.3) is 0 Å². The molecule has 7 heteroatoms. The Balaban J connectivity index is 1.98. The van der Waals surface area contributed by atoms with Crippen molar-refractivity contribution in [2.45, 2.75) is 39.8 Å². The highest BCUT2D eigenvalue weighted by Gasteiger charge is 2.14. The summed E-state index contributed by atoms with van der Waals surface area (Å²) in [6.07, 6.45) is 2.67. The lowest BCUT2D eigenvalue weighted by Gasteiger charge is -2.24. The summed E-state index contributed by atoms with van der Waals surface area (Å²) in [5.74, 6) is 1.84. The molecule has 7 nitrogen and oxygen atoms in total. The van der Waals surface area contributed by atoms with E-state index in [2.05, 4.69) is 89.4 Å². The van der Waals surface area contributed by atoms with E-state index in [0.717, 1.165) is 37.8 Å². The highest BCUT2D eigenvalue weighted by Crippen LogP contribution is 2.19. The van der Waals surface area contributed by atoms with Gasteiger partial charge < -0.3 is 20.1 Å². The maximum atomic E-state index is 4.81. The predicted octanol–water partition coefficient (Wildman–Crippen LogP) is 2.01. The molecule has 0 aliphatic rings. The van der Waals surface area contributed by atoms with Crippen LogP contribution in [0.15, 0.2) is 35.6 Å². The zero-order valence-corrected chi connectivity index (χ0v) is 17.2. The highest BCUT2D eigenvalue weighted by atomic mass is 15.3. The van der Waals surface area contributed by atoms with Gasteiger partial charge in [0, 0.05) is 26.1 Å². The first-order valence-corrected chi connectivity index (χ1v) is 9.67. The van der Waals surface area contributed by atoms with Crippen molar-refractivity contribution in [3.05, 3.63) is 47.5 Å². The lowest BCUT2D eigenvalue weighted by atomic mass is 10.0. The van der Waals surface area contributed by atoms with Gasteiger partial charge in [-0.2, -0.15) is 0 Å². The Kier molecular flexibility index (Phi) is 8.26. The topological polar surface area (TPSA) is 70.4 Å². The number of nitrogens with one attached hydrogen (secondary N) is 2. The fraction of sp³-hybridized carbons (Fsp3) is 0.550.